The number of allylic oxidation sites excluding steroid dienone is 4. The van der Waals surface area contributed by atoms with Crippen molar-refractivity contribution in [3.05, 3.63) is 94.5 Å². The second kappa shape index (κ2) is 12.3. The Bertz CT molecular complexity index is 1550. The smallest absolute Gasteiger partial charge is 0.234 e. The SMILES string of the molecule is CCc1ccc(NC(=O)CSc2nnc(N3C(N)=C(C#N)C(/C=C/c4ccccc4)C4=C3CCCC4=O)s2)cc1. The molecule has 202 valence electrons. The topological polar surface area (TPSA) is 125 Å². The van der Waals surface area contributed by atoms with Gasteiger partial charge < -0.3 is 11.1 Å². The molecule has 1 unspecified atom stereocenters. The highest BCUT2D eigenvalue weighted by Crippen LogP contribution is 2.44. The van der Waals surface area contributed by atoms with E-state index in [1.807, 2.05) is 66.7 Å². The highest BCUT2D eigenvalue weighted by Gasteiger charge is 2.39. The van der Waals surface area contributed by atoms with E-state index < -0.39 is 5.92 Å². The number of hydrogen-bond acceptors (Lipinski definition) is 9. The maximum absolute atomic E-state index is 13.2. The zero-order chi connectivity index (χ0) is 28.1. The van der Waals surface area contributed by atoms with Crippen molar-refractivity contribution >= 4 is 51.7 Å². The van der Waals surface area contributed by atoms with E-state index in [1.165, 1.54) is 28.7 Å². The number of carbonyl (C=O) groups excluding carboxylic acids is 2. The van der Waals surface area contributed by atoms with E-state index in [1.54, 1.807) is 4.90 Å². The third kappa shape index (κ3) is 5.86. The highest BCUT2D eigenvalue weighted by atomic mass is 32.2. The summed E-state index contributed by atoms with van der Waals surface area (Å²) in [7, 11) is 0. The third-order valence-electron chi connectivity index (χ3n) is 6.80. The summed E-state index contributed by atoms with van der Waals surface area (Å²) in [5.41, 5.74) is 11.2. The molecule has 1 aromatic heterocycles. The average molecular weight is 569 g/mol. The number of aromatic nitrogens is 2. The molecule has 8 nitrogen and oxygen atoms in total. The number of hydrogen-bond donors (Lipinski definition) is 2. The Morgan fingerprint density at radius 1 is 1.20 bits per heavy atom. The number of ketones is 1. The molecule has 0 radical (unpaired) electrons. The fourth-order valence-corrected chi connectivity index (χ4v) is 6.49. The van der Waals surface area contributed by atoms with Crippen LogP contribution in [-0.2, 0) is 16.0 Å². The van der Waals surface area contributed by atoms with Gasteiger partial charge in [0.05, 0.1) is 17.4 Å². The van der Waals surface area contributed by atoms with Crippen molar-refractivity contribution in [2.45, 2.75) is 36.9 Å². The van der Waals surface area contributed by atoms with Gasteiger partial charge in [0.2, 0.25) is 11.0 Å². The number of aryl methyl sites for hydroxylation is 1. The quantitative estimate of drug-likeness (QED) is 0.333. The number of anilines is 2. The van der Waals surface area contributed by atoms with Crippen molar-refractivity contribution < 1.29 is 9.59 Å². The maximum atomic E-state index is 13.2. The molecule has 0 saturated carbocycles. The molecule has 2 heterocycles. The lowest BCUT2D eigenvalue weighted by Crippen LogP contribution is -2.39. The molecule has 0 spiro atoms. The molecule has 1 aliphatic heterocycles. The average Bonchev–Trinajstić information content (AvgIpc) is 3.44. The van der Waals surface area contributed by atoms with E-state index in [0.29, 0.717) is 39.9 Å². The molecule has 0 fully saturated rings. The minimum Gasteiger partial charge on any atom is -0.384 e. The lowest BCUT2D eigenvalue weighted by atomic mass is 9.79. The molecule has 40 heavy (non-hydrogen) atoms. The Kier molecular flexibility index (Phi) is 8.43. The van der Waals surface area contributed by atoms with E-state index in [0.717, 1.165) is 23.4 Å². The van der Waals surface area contributed by atoms with Gasteiger partial charge in [0.1, 0.15) is 5.82 Å². The van der Waals surface area contributed by atoms with Gasteiger partial charge in [0.25, 0.3) is 0 Å². The second-order valence-corrected chi connectivity index (χ2v) is 11.5. The molecular formula is C30H28N6O2S2. The summed E-state index contributed by atoms with van der Waals surface area (Å²) in [4.78, 5) is 27.4. The van der Waals surface area contributed by atoms with Gasteiger partial charge in [-0.1, -0.05) is 84.6 Å². The van der Waals surface area contributed by atoms with E-state index in [2.05, 4.69) is 28.5 Å². The number of benzene rings is 2. The van der Waals surface area contributed by atoms with Crippen LogP contribution in [0.3, 0.4) is 0 Å². The van der Waals surface area contributed by atoms with Gasteiger partial charge in [-0.2, -0.15) is 5.26 Å². The van der Waals surface area contributed by atoms with Gasteiger partial charge in [-0.15, -0.1) is 10.2 Å². The van der Waals surface area contributed by atoms with Crippen LogP contribution in [0.25, 0.3) is 6.08 Å². The van der Waals surface area contributed by atoms with Crippen LogP contribution in [-0.4, -0.2) is 27.6 Å². The van der Waals surface area contributed by atoms with Gasteiger partial charge >= 0.3 is 0 Å². The Labute approximate surface area is 241 Å². The van der Waals surface area contributed by atoms with Crippen molar-refractivity contribution in [1.82, 2.24) is 10.2 Å². The van der Waals surface area contributed by atoms with E-state index in [-0.39, 0.29) is 23.3 Å². The number of nitrogens with zero attached hydrogens (tertiary/aromatic N) is 4. The maximum Gasteiger partial charge on any atom is 0.234 e. The summed E-state index contributed by atoms with van der Waals surface area (Å²) in [5.74, 6) is -0.249. The first-order valence-electron chi connectivity index (χ1n) is 13.0. The molecule has 5 rings (SSSR count). The van der Waals surface area contributed by atoms with Crippen LogP contribution >= 0.6 is 23.1 Å². The van der Waals surface area contributed by atoms with Crippen molar-refractivity contribution in [3.8, 4) is 6.07 Å². The fraction of sp³-hybridized carbons (Fsp3) is 0.233. The zero-order valence-corrected chi connectivity index (χ0v) is 23.6. The standard InChI is InChI=1S/C30H28N6O2S2/c1-2-19-11-14-21(15-12-19)33-26(38)18-39-30-35-34-29(40-30)36-24-9-6-10-25(37)27(24)22(23(17-31)28(36)32)16-13-20-7-4-3-5-8-20/h3-5,7-8,11-16,22H,2,6,9-10,18,32H2,1H3,(H,33,38)/b16-13+. The van der Waals surface area contributed by atoms with Crippen LogP contribution in [0, 0.1) is 17.2 Å². The van der Waals surface area contributed by atoms with Crippen LogP contribution in [0.1, 0.15) is 37.3 Å². The third-order valence-corrected chi connectivity index (χ3v) is 8.84. The lowest BCUT2D eigenvalue weighted by molar-refractivity contribution is -0.116. The van der Waals surface area contributed by atoms with Gasteiger partial charge in [0, 0.05) is 29.3 Å². The van der Waals surface area contributed by atoms with Crippen molar-refractivity contribution in [2.24, 2.45) is 11.7 Å². The fourth-order valence-electron chi connectivity index (χ4n) is 4.81. The number of Topliss-reactive ketones (excluding diaryl/α,β-unsaturated/α-hetero) is 1. The van der Waals surface area contributed by atoms with Crippen LogP contribution in [0.2, 0.25) is 0 Å². The molecule has 1 atom stereocenters. The minimum absolute atomic E-state index is 0.0111. The Morgan fingerprint density at radius 3 is 2.70 bits per heavy atom. The molecule has 0 saturated heterocycles. The van der Waals surface area contributed by atoms with E-state index in [9.17, 15) is 14.9 Å². The Hall–Kier alpha value is -4.20. The molecule has 0 bridgehead atoms. The monoisotopic (exact) mass is 568 g/mol. The number of nitrogens with one attached hydrogen (secondary N) is 1. The summed E-state index contributed by atoms with van der Waals surface area (Å²) >= 11 is 2.55. The van der Waals surface area contributed by atoms with E-state index in [4.69, 9.17) is 5.73 Å². The summed E-state index contributed by atoms with van der Waals surface area (Å²) in [5, 5.41) is 22.1. The van der Waals surface area contributed by atoms with Crippen molar-refractivity contribution in [2.75, 3.05) is 16.0 Å². The number of rotatable bonds is 8. The summed E-state index contributed by atoms with van der Waals surface area (Å²) in [6, 6.07) is 19.7. The number of nitrogens with two attached hydrogens (primary N) is 1. The number of thioether (sulfide) groups is 1. The second-order valence-electron chi connectivity index (χ2n) is 9.37. The number of nitriles is 1. The predicted octanol–water partition coefficient (Wildman–Crippen LogP) is 5.68. The van der Waals surface area contributed by atoms with Crippen LogP contribution < -0.4 is 16.0 Å². The highest BCUT2D eigenvalue weighted by molar-refractivity contribution is 8.01. The van der Waals surface area contributed by atoms with Crippen LogP contribution in [0.15, 0.2) is 87.7 Å². The van der Waals surface area contributed by atoms with Gasteiger partial charge in [-0.3, -0.25) is 14.5 Å². The van der Waals surface area contributed by atoms with Gasteiger partial charge in [0.15, 0.2) is 10.1 Å². The first-order chi connectivity index (χ1) is 19.5. The number of carbonyl (C=O) groups is 2. The summed E-state index contributed by atoms with van der Waals surface area (Å²) in [6.45, 7) is 2.08. The Balaban J connectivity index is 1.36. The van der Waals surface area contributed by atoms with Crippen LogP contribution in [0.4, 0.5) is 10.8 Å². The first-order valence-corrected chi connectivity index (χ1v) is 14.8. The van der Waals surface area contributed by atoms with E-state index >= 15 is 0 Å². The molecule has 2 aromatic carbocycles. The van der Waals surface area contributed by atoms with Gasteiger partial charge in [-0.05, 0) is 42.5 Å². The molecule has 3 aromatic rings. The molecular weight excluding hydrogens is 541 g/mol. The molecule has 2 aliphatic rings. The lowest BCUT2D eigenvalue weighted by Gasteiger charge is -2.37. The van der Waals surface area contributed by atoms with Crippen molar-refractivity contribution in [3.63, 3.8) is 0 Å². The molecule has 10 heteroatoms. The first kappa shape index (κ1) is 27.4. The van der Waals surface area contributed by atoms with Crippen LogP contribution in [0.5, 0.6) is 0 Å². The normalized spacial score (nSPS) is 17.2. The van der Waals surface area contributed by atoms with Crippen molar-refractivity contribution in [1.29, 1.82) is 5.26 Å². The molecule has 1 aliphatic carbocycles. The summed E-state index contributed by atoms with van der Waals surface area (Å²) < 4.78 is 0.591. The minimum atomic E-state index is -0.527. The van der Waals surface area contributed by atoms with Gasteiger partial charge in [-0.25, -0.2) is 0 Å². The zero-order valence-electron chi connectivity index (χ0n) is 22.0. The number of amides is 1. The predicted molar refractivity (Wildman–Crippen MR) is 159 cm³/mol. The summed E-state index contributed by atoms with van der Waals surface area (Å²) in [6.07, 6.45) is 6.49. The molecule has 3 N–H and O–H groups in total. The molecule has 1 amide bonds. The Morgan fingerprint density at radius 2 is 1.98 bits per heavy atom. The largest absolute Gasteiger partial charge is 0.384 e.